The molecule has 0 nitrogen and oxygen atoms in total. The Balaban J connectivity index is 3.02. The fourth-order valence-corrected chi connectivity index (χ4v) is 2.75. The first-order chi connectivity index (χ1) is 5.17. The van der Waals surface area contributed by atoms with Crippen LogP contribution in [0.1, 0.15) is 0 Å². The van der Waals surface area contributed by atoms with Gasteiger partial charge in [0.25, 0.3) is 0 Å². The molecule has 0 aliphatic carbocycles. The van der Waals surface area contributed by atoms with E-state index in [-0.39, 0.29) is 0 Å². The third-order valence-electron chi connectivity index (χ3n) is 1.72. The van der Waals surface area contributed by atoms with Crippen molar-refractivity contribution in [1.29, 1.82) is 0 Å². The van der Waals surface area contributed by atoms with Crippen LogP contribution in [-0.2, 0) is 0 Å². The zero-order valence-electron chi connectivity index (χ0n) is 6.55. The van der Waals surface area contributed by atoms with Crippen LogP contribution in [0, 0.1) is 0 Å². The summed E-state index contributed by atoms with van der Waals surface area (Å²) < 4.78 is 0. The average Bonchev–Trinajstić information content (AvgIpc) is 2.06. The molecule has 2 heteroatoms. The minimum absolute atomic E-state index is 1.37. The molecule has 0 aliphatic heterocycles. The van der Waals surface area contributed by atoms with Crippen molar-refractivity contribution in [2.24, 2.45) is 0 Å². The van der Waals surface area contributed by atoms with Crippen LogP contribution in [0.25, 0.3) is 0 Å². The Morgan fingerprint density at radius 1 is 1.36 bits per heavy atom. The van der Waals surface area contributed by atoms with E-state index in [1.807, 2.05) is 11.8 Å². The third kappa shape index (κ3) is 2.04. The number of rotatable bonds is 2. The van der Waals surface area contributed by atoms with Crippen LogP contribution in [0.3, 0.4) is 0 Å². The van der Waals surface area contributed by atoms with E-state index in [4.69, 9.17) is 0 Å². The SMILES string of the molecule is C=C[Si](C)(Br)c1ccccc1. The van der Waals surface area contributed by atoms with Crippen molar-refractivity contribution in [3.63, 3.8) is 0 Å². The Morgan fingerprint density at radius 2 is 1.91 bits per heavy atom. The monoisotopic (exact) mass is 226 g/mol. The van der Waals surface area contributed by atoms with Gasteiger partial charge in [0, 0.05) is 0 Å². The van der Waals surface area contributed by atoms with Crippen LogP contribution in [0.5, 0.6) is 0 Å². The second-order valence-corrected chi connectivity index (χ2v) is 10.7. The Hall–Kier alpha value is -0.343. The highest BCUT2D eigenvalue weighted by Gasteiger charge is 2.20. The second kappa shape index (κ2) is 3.37. The van der Waals surface area contributed by atoms with Crippen molar-refractivity contribution < 1.29 is 0 Å². The average molecular weight is 227 g/mol. The van der Waals surface area contributed by atoms with Crippen molar-refractivity contribution in [2.45, 2.75) is 6.55 Å². The van der Waals surface area contributed by atoms with E-state index >= 15 is 0 Å². The minimum atomic E-state index is -1.48. The van der Waals surface area contributed by atoms with E-state index in [1.165, 1.54) is 5.19 Å². The molecule has 1 atom stereocenters. The lowest BCUT2D eigenvalue weighted by atomic mass is 10.4. The molecule has 11 heavy (non-hydrogen) atoms. The van der Waals surface area contributed by atoms with Crippen LogP contribution in [-0.4, -0.2) is 6.69 Å². The molecule has 0 radical (unpaired) electrons. The van der Waals surface area contributed by atoms with Gasteiger partial charge in [-0.05, 0) is 5.19 Å². The molecule has 0 heterocycles. The van der Waals surface area contributed by atoms with Gasteiger partial charge in [0.05, 0.1) is 0 Å². The van der Waals surface area contributed by atoms with Crippen LogP contribution in [0.2, 0.25) is 6.55 Å². The predicted octanol–water partition coefficient (Wildman–Crippen LogP) is 2.59. The first-order valence-corrected chi connectivity index (χ1v) is 8.38. The first-order valence-electron chi connectivity index (χ1n) is 3.55. The van der Waals surface area contributed by atoms with Crippen molar-refractivity contribution in [1.82, 2.24) is 0 Å². The maximum absolute atomic E-state index is 3.82. The minimum Gasteiger partial charge on any atom is -0.115 e. The summed E-state index contributed by atoms with van der Waals surface area (Å²) in [6, 6.07) is 10.4. The Labute approximate surface area is 76.5 Å². The summed E-state index contributed by atoms with van der Waals surface area (Å²) in [5.74, 6) is 0. The summed E-state index contributed by atoms with van der Waals surface area (Å²) in [5.41, 5.74) is 2.03. The number of hydrogen-bond donors (Lipinski definition) is 0. The lowest BCUT2D eigenvalue weighted by Gasteiger charge is -2.14. The van der Waals surface area contributed by atoms with Crippen LogP contribution in [0.15, 0.2) is 42.6 Å². The molecule has 1 aromatic carbocycles. The largest absolute Gasteiger partial charge is 0.180 e. The second-order valence-electron chi connectivity index (χ2n) is 2.65. The molecule has 0 aromatic heterocycles. The fraction of sp³-hybridized carbons (Fsp3) is 0.111. The van der Waals surface area contributed by atoms with Crippen LogP contribution in [0.4, 0.5) is 0 Å². The maximum atomic E-state index is 3.82. The predicted molar refractivity (Wildman–Crippen MR) is 56.8 cm³/mol. The molecule has 1 aromatic rings. The van der Waals surface area contributed by atoms with Crippen molar-refractivity contribution in [3.8, 4) is 0 Å². The van der Waals surface area contributed by atoms with Gasteiger partial charge in [-0.3, -0.25) is 0 Å². The molecule has 0 saturated heterocycles. The van der Waals surface area contributed by atoms with Crippen molar-refractivity contribution in [2.75, 3.05) is 0 Å². The van der Waals surface area contributed by atoms with Gasteiger partial charge in [-0.25, -0.2) is 0 Å². The lowest BCUT2D eigenvalue weighted by molar-refractivity contribution is 1.75. The highest BCUT2D eigenvalue weighted by atomic mass is 79.9. The normalized spacial score (nSPS) is 15.5. The van der Waals surface area contributed by atoms with Crippen LogP contribution < -0.4 is 5.19 Å². The molecule has 0 saturated carbocycles. The van der Waals surface area contributed by atoms with Gasteiger partial charge < -0.3 is 0 Å². The van der Waals surface area contributed by atoms with Gasteiger partial charge >= 0.3 is 0 Å². The summed E-state index contributed by atoms with van der Waals surface area (Å²) >= 11 is 3.71. The van der Waals surface area contributed by atoms with E-state index in [2.05, 4.69) is 52.7 Å². The third-order valence-corrected chi connectivity index (χ3v) is 6.30. The van der Waals surface area contributed by atoms with Crippen molar-refractivity contribution in [3.05, 3.63) is 42.6 Å². The van der Waals surface area contributed by atoms with Gasteiger partial charge in [-0.2, -0.15) is 0 Å². The maximum Gasteiger partial charge on any atom is 0.180 e. The highest BCUT2D eigenvalue weighted by Crippen LogP contribution is 2.11. The fourth-order valence-electron chi connectivity index (χ4n) is 0.882. The number of halogens is 1. The lowest BCUT2D eigenvalue weighted by Crippen LogP contribution is -2.35. The summed E-state index contributed by atoms with van der Waals surface area (Å²) in [6.45, 7) is 4.56. The Kier molecular flexibility index (Phi) is 2.68. The molecular weight excluding hydrogens is 216 g/mol. The van der Waals surface area contributed by atoms with Gasteiger partial charge in [-0.15, -0.1) is 21.9 Å². The zero-order valence-corrected chi connectivity index (χ0v) is 9.14. The first kappa shape index (κ1) is 8.75. The van der Waals surface area contributed by atoms with E-state index in [1.54, 1.807) is 0 Å². The molecule has 0 bridgehead atoms. The molecule has 58 valence electrons. The van der Waals surface area contributed by atoms with Crippen molar-refractivity contribution >= 4 is 27.2 Å². The number of hydrogen-bond acceptors (Lipinski definition) is 0. The summed E-state index contributed by atoms with van der Waals surface area (Å²) in [6.07, 6.45) is 0. The molecular formula is C9H11BrSi. The Morgan fingerprint density at radius 3 is 2.36 bits per heavy atom. The zero-order chi connectivity index (χ0) is 8.32. The topological polar surface area (TPSA) is 0 Å². The molecule has 0 N–H and O–H groups in total. The highest BCUT2D eigenvalue weighted by molar-refractivity contribution is 9.26. The van der Waals surface area contributed by atoms with E-state index in [9.17, 15) is 0 Å². The molecule has 0 spiro atoms. The molecule has 1 unspecified atom stereocenters. The Bertz CT molecular complexity index is 241. The van der Waals surface area contributed by atoms with Gasteiger partial charge in [0.2, 0.25) is 0 Å². The quantitative estimate of drug-likeness (QED) is 0.538. The van der Waals surface area contributed by atoms with Gasteiger partial charge in [-0.1, -0.05) is 42.6 Å². The molecule has 0 fully saturated rings. The molecule has 1 rings (SSSR count). The summed E-state index contributed by atoms with van der Waals surface area (Å²) in [5, 5.41) is 1.37. The van der Waals surface area contributed by atoms with Crippen LogP contribution >= 0.6 is 15.3 Å². The summed E-state index contributed by atoms with van der Waals surface area (Å²) in [4.78, 5) is 0. The standard InChI is InChI=1S/C9H11BrSi/c1-3-11(2,10)9-7-5-4-6-8-9/h3-8H,1H2,2H3. The van der Waals surface area contributed by atoms with Gasteiger partial charge in [0.1, 0.15) is 0 Å². The van der Waals surface area contributed by atoms with E-state index < -0.39 is 6.69 Å². The van der Waals surface area contributed by atoms with E-state index in [0.717, 1.165) is 0 Å². The van der Waals surface area contributed by atoms with E-state index in [0.29, 0.717) is 0 Å². The summed E-state index contributed by atoms with van der Waals surface area (Å²) in [7, 11) is 0. The number of benzene rings is 1. The smallest absolute Gasteiger partial charge is 0.115 e. The molecule has 0 aliphatic rings. The molecule has 0 amide bonds. The van der Waals surface area contributed by atoms with Gasteiger partial charge in [0.15, 0.2) is 6.69 Å².